The predicted molar refractivity (Wildman–Crippen MR) is 86.9 cm³/mol. The molecule has 0 saturated heterocycles. The highest BCUT2D eigenvalue weighted by atomic mass is 16.6. The second-order valence-corrected chi connectivity index (χ2v) is 6.40. The Kier molecular flexibility index (Phi) is 5.41. The van der Waals surface area contributed by atoms with Crippen LogP contribution in [-0.4, -0.2) is 31.2 Å². The first-order chi connectivity index (χ1) is 10.9. The quantitative estimate of drug-likeness (QED) is 0.857. The lowest BCUT2D eigenvalue weighted by molar-refractivity contribution is 0.0500. The monoisotopic (exact) mass is 319 g/mol. The molecule has 2 rings (SSSR count). The first-order valence-corrected chi connectivity index (χ1v) is 7.87. The van der Waals surface area contributed by atoms with E-state index in [4.69, 9.17) is 4.74 Å². The standard InChI is InChI=1S/C16H25N5O2/c1-5-12(20-15(22)23-16(2,3)4)13-10-17-11-21(13)9-6-14-18-7-8-19-14/h7-8,10-12H,5-6,9H2,1-4H3,(H,18,19)(H,20,22)/t12-/m1/s1. The number of imidazole rings is 2. The number of ether oxygens (including phenoxy) is 1. The topological polar surface area (TPSA) is 84.8 Å². The molecule has 2 aromatic heterocycles. The lowest BCUT2D eigenvalue weighted by atomic mass is 10.1. The smallest absolute Gasteiger partial charge is 0.408 e. The average Bonchev–Trinajstić information content (AvgIpc) is 3.11. The van der Waals surface area contributed by atoms with Crippen LogP contribution in [0.3, 0.4) is 0 Å². The minimum atomic E-state index is -0.512. The number of carbonyl (C=O) groups is 1. The molecule has 7 heteroatoms. The maximum absolute atomic E-state index is 12.0. The van der Waals surface area contributed by atoms with Crippen LogP contribution in [0.25, 0.3) is 0 Å². The molecule has 0 fully saturated rings. The number of rotatable bonds is 6. The summed E-state index contributed by atoms with van der Waals surface area (Å²) < 4.78 is 7.37. The van der Waals surface area contributed by atoms with Crippen LogP contribution >= 0.6 is 0 Å². The van der Waals surface area contributed by atoms with Crippen LogP contribution < -0.4 is 5.32 Å². The number of H-pyrrole nitrogens is 1. The maximum Gasteiger partial charge on any atom is 0.408 e. The Morgan fingerprint density at radius 2 is 2.26 bits per heavy atom. The Labute approximate surface area is 136 Å². The third-order valence-electron chi connectivity index (χ3n) is 3.35. The molecule has 1 atom stereocenters. The number of nitrogens with one attached hydrogen (secondary N) is 2. The highest BCUT2D eigenvalue weighted by molar-refractivity contribution is 5.68. The number of amides is 1. The van der Waals surface area contributed by atoms with Gasteiger partial charge in [0.1, 0.15) is 11.4 Å². The summed E-state index contributed by atoms with van der Waals surface area (Å²) in [6.07, 6.45) is 8.23. The van der Waals surface area contributed by atoms with Crippen molar-refractivity contribution in [2.24, 2.45) is 0 Å². The Morgan fingerprint density at radius 3 is 2.87 bits per heavy atom. The largest absolute Gasteiger partial charge is 0.444 e. The van der Waals surface area contributed by atoms with Crippen LogP contribution in [0.5, 0.6) is 0 Å². The number of nitrogens with zero attached hydrogens (tertiary/aromatic N) is 3. The van der Waals surface area contributed by atoms with Crippen molar-refractivity contribution >= 4 is 6.09 Å². The molecule has 7 nitrogen and oxygen atoms in total. The van der Waals surface area contributed by atoms with E-state index in [2.05, 4.69) is 20.3 Å². The van der Waals surface area contributed by atoms with Gasteiger partial charge in [-0.25, -0.2) is 14.8 Å². The lowest BCUT2D eigenvalue weighted by Crippen LogP contribution is -2.35. The molecule has 0 aliphatic rings. The van der Waals surface area contributed by atoms with E-state index in [9.17, 15) is 4.79 Å². The maximum atomic E-state index is 12.0. The van der Waals surface area contributed by atoms with Crippen molar-refractivity contribution in [2.75, 3.05) is 0 Å². The van der Waals surface area contributed by atoms with Gasteiger partial charge < -0.3 is 19.6 Å². The number of aromatic nitrogens is 4. The summed E-state index contributed by atoms with van der Waals surface area (Å²) in [5.41, 5.74) is 0.451. The highest BCUT2D eigenvalue weighted by Gasteiger charge is 2.21. The second kappa shape index (κ2) is 7.30. The summed E-state index contributed by atoms with van der Waals surface area (Å²) in [5, 5.41) is 2.91. The number of carbonyl (C=O) groups excluding carboxylic acids is 1. The molecule has 0 unspecified atom stereocenters. The van der Waals surface area contributed by atoms with Gasteiger partial charge in [0, 0.05) is 25.4 Å². The van der Waals surface area contributed by atoms with Gasteiger partial charge in [0.05, 0.1) is 24.3 Å². The molecule has 2 N–H and O–H groups in total. The van der Waals surface area contributed by atoms with Crippen molar-refractivity contribution in [3.63, 3.8) is 0 Å². The zero-order valence-corrected chi connectivity index (χ0v) is 14.2. The summed E-state index contributed by atoms with van der Waals surface area (Å²) in [7, 11) is 0. The summed E-state index contributed by atoms with van der Waals surface area (Å²) in [6.45, 7) is 8.31. The van der Waals surface area contributed by atoms with E-state index in [1.54, 1.807) is 18.7 Å². The van der Waals surface area contributed by atoms with Gasteiger partial charge in [-0.15, -0.1) is 0 Å². The number of aryl methyl sites for hydroxylation is 2. The fraction of sp³-hybridized carbons (Fsp3) is 0.562. The lowest BCUT2D eigenvalue weighted by Gasteiger charge is -2.23. The van der Waals surface area contributed by atoms with Gasteiger partial charge in [0.25, 0.3) is 0 Å². The summed E-state index contributed by atoms with van der Waals surface area (Å²) in [5.74, 6) is 0.929. The van der Waals surface area contributed by atoms with Crippen LogP contribution in [0, 0.1) is 0 Å². The van der Waals surface area contributed by atoms with E-state index < -0.39 is 11.7 Å². The van der Waals surface area contributed by atoms with Crippen LogP contribution in [0.15, 0.2) is 24.9 Å². The molecule has 2 heterocycles. The molecular weight excluding hydrogens is 294 g/mol. The number of hydrogen-bond acceptors (Lipinski definition) is 4. The minimum absolute atomic E-state index is 0.135. The van der Waals surface area contributed by atoms with Crippen molar-refractivity contribution in [3.05, 3.63) is 36.4 Å². The predicted octanol–water partition coefficient (Wildman–Crippen LogP) is 2.82. The molecule has 1 amide bonds. The number of alkyl carbamates (subject to hydrolysis) is 1. The minimum Gasteiger partial charge on any atom is -0.444 e. The van der Waals surface area contributed by atoms with Crippen molar-refractivity contribution in [2.45, 2.75) is 58.7 Å². The molecule has 0 aliphatic carbocycles. The molecule has 0 aromatic carbocycles. The van der Waals surface area contributed by atoms with Crippen molar-refractivity contribution in [1.82, 2.24) is 24.8 Å². The van der Waals surface area contributed by atoms with Gasteiger partial charge in [-0.05, 0) is 27.2 Å². The molecule has 2 aromatic rings. The van der Waals surface area contributed by atoms with Gasteiger partial charge in [0.15, 0.2) is 0 Å². The first-order valence-electron chi connectivity index (χ1n) is 7.87. The van der Waals surface area contributed by atoms with Crippen molar-refractivity contribution in [1.29, 1.82) is 0 Å². The van der Waals surface area contributed by atoms with Crippen LogP contribution in [0.2, 0.25) is 0 Å². The van der Waals surface area contributed by atoms with Crippen molar-refractivity contribution in [3.8, 4) is 0 Å². The van der Waals surface area contributed by atoms with Gasteiger partial charge in [-0.2, -0.15) is 0 Å². The van der Waals surface area contributed by atoms with E-state index >= 15 is 0 Å². The molecule has 0 saturated carbocycles. The molecule has 0 aliphatic heterocycles. The van der Waals surface area contributed by atoms with Gasteiger partial charge in [0.2, 0.25) is 0 Å². The Balaban J connectivity index is 2.01. The zero-order chi connectivity index (χ0) is 16.9. The SMILES string of the molecule is CC[C@@H](NC(=O)OC(C)(C)C)c1cncn1CCc1ncc[nH]1. The summed E-state index contributed by atoms with van der Waals surface area (Å²) in [4.78, 5) is 23.5. The first kappa shape index (κ1) is 17.1. The van der Waals surface area contributed by atoms with Gasteiger partial charge >= 0.3 is 6.09 Å². The molecular formula is C16H25N5O2. The van der Waals surface area contributed by atoms with E-state index in [1.165, 1.54) is 0 Å². The van der Waals surface area contributed by atoms with Gasteiger partial charge in [-0.1, -0.05) is 6.92 Å². The van der Waals surface area contributed by atoms with E-state index in [0.717, 1.165) is 30.9 Å². The fourth-order valence-corrected chi connectivity index (χ4v) is 2.30. The second-order valence-electron chi connectivity index (χ2n) is 6.40. The van der Waals surface area contributed by atoms with Crippen molar-refractivity contribution < 1.29 is 9.53 Å². The molecule has 0 radical (unpaired) electrons. The fourth-order valence-electron chi connectivity index (χ4n) is 2.30. The number of hydrogen-bond donors (Lipinski definition) is 2. The van der Waals surface area contributed by atoms with E-state index in [0.29, 0.717) is 0 Å². The van der Waals surface area contributed by atoms with E-state index in [1.807, 2.05) is 38.5 Å². The Bertz CT molecular complexity index is 613. The highest BCUT2D eigenvalue weighted by Crippen LogP contribution is 2.18. The Hall–Kier alpha value is -2.31. The number of aromatic amines is 1. The average molecular weight is 319 g/mol. The van der Waals surface area contributed by atoms with Crippen LogP contribution in [0.4, 0.5) is 4.79 Å². The van der Waals surface area contributed by atoms with E-state index in [-0.39, 0.29) is 6.04 Å². The summed E-state index contributed by atoms with van der Waals surface area (Å²) in [6, 6.07) is -0.135. The normalized spacial score (nSPS) is 12.9. The Morgan fingerprint density at radius 1 is 1.48 bits per heavy atom. The third kappa shape index (κ3) is 5.12. The molecule has 0 bridgehead atoms. The molecule has 0 spiro atoms. The summed E-state index contributed by atoms with van der Waals surface area (Å²) >= 11 is 0. The van der Waals surface area contributed by atoms with Gasteiger partial charge in [-0.3, -0.25) is 0 Å². The molecule has 126 valence electrons. The third-order valence-corrected chi connectivity index (χ3v) is 3.35. The van der Waals surface area contributed by atoms with Crippen LogP contribution in [0.1, 0.15) is 51.7 Å². The van der Waals surface area contributed by atoms with Crippen LogP contribution in [-0.2, 0) is 17.7 Å². The zero-order valence-electron chi connectivity index (χ0n) is 14.2. The molecule has 23 heavy (non-hydrogen) atoms.